The van der Waals surface area contributed by atoms with Crippen LogP contribution in [-0.4, -0.2) is 39.4 Å². The molecule has 2 fully saturated rings. The highest BCUT2D eigenvalue weighted by Crippen LogP contribution is 2.40. The molecule has 2 atom stereocenters. The lowest BCUT2D eigenvalue weighted by Gasteiger charge is -2.37. The highest BCUT2D eigenvalue weighted by atomic mass is 16.6. The maximum atomic E-state index is 13.2. The molecule has 1 amide bonds. The number of carbonyl (C=O) groups excluding carboxylic acids is 1. The molecule has 1 aromatic heterocycles. The standard InChI is InChI=1S/C25H40N2O3/c1-24(2,3)30-23(28)27-21(18-19-12-7-6-8-13-19)22(29-25(27,4)5)16-11-15-20-14-9-10-17-26-20/h9-10,14,17,19,21-22H,6-8,11-13,15-16,18H2,1-5H3. The third-order valence-corrected chi connectivity index (χ3v) is 6.32. The van der Waals surface area contributed by atoms with Crippen LogP contribution in [-0.2, 0) is 15.9 Å². The molecule has 1 aromatic rings. The third-order valence-electron chi connectivity index (χ3n) is 6.32. The van der Waals surface area contributed by atoms with Crippen molar-refractivity contribution in [2.75, 3.05) is 0 Å². The number of amides is 1. The molecule has 0 radical (unpaired) electrons. The van der Waals surface area contributed by atoms with Crippen molar-refractivity contribution in [3.63, 3.8) is 0 Å². The van der Waals surface area contributed by atoms with E-state index in [9.17, 15) is 4.79 Å². The number of hydrogen-bond donors (Lipinski definition) is 0. The van der Waals surface area contributed by atoms with Crippen LogP contribution in [0.4, 0.5) is 4.79 Å². The Morgan fingerprint density at radius 2 is 1.97 bits per heavy atom. The van der Waals surface area contributed by atoms with Crippen molar-refractivity contribution in [1.82, 2.24) is 9.88 Å². The van der Waals surface area contributed by atoms with Gasteiger partial charge in [-0.2, -0.15) is 0 Å². The van der Waals surface area contributed by atoms with Gasteiger partial charge in [0.25, 0.3) is 0 Å². The lowest BCUT2D eigenvalue weighted by atomic mass is 9.83. The predicted octanol–water partition coefficient (Wildman–Crippen LogP) is 6.12. The van der Waals surface area contributed by atoms with Gasteiger partial charge in [0.05, 0.1) is 12.1 Å². The maximum Gasteiger partial charge on any atom is 0.412 e. The van der Waals surface area contributed by atoms with Crippen LogP contribution < -0.4 is 0 Å². The van der Waals surface area contributed by atoms with E-state index in [1.165, 1.54) is 32.1 Å². The predicted molar refractivity (Wildman–Crippen MR) is 119 cm³/mol. The highest BCUT2D eigenvalue weighted by Gasteiger charge is 2.51. The molecular weight excluding hydrogens is 376 g/mol. The minimum atomic E-state index is -0.655. The highest BCUT2D eigenvalue weighted by molar-refractivity contribution is 5.70. The van der Waals surface area contributed by atoms with Crippen molar-refractivity contribution in [2.45, 2.75) is 116 Å². The van der Waals surface area contributed by atoms with Crippen LogP contribution in [0.25, 0.3) is 0 Å². The van der Waals surface area contributed by atoms with Crippen LogP contribution in [0, 0.1) is 5.92 Å². The fourth-order valence-corrected chi connectivity index (χ4v) is 5.04. The van der Waals surface area contributed by atoms with Crippen molar-refractivity contribution in [2.24, 2.45) is 5.92 Å². The van der Waals surface area contributed by atoms with Gasteiger partial charge in [-0.15, -0.1) is 0 Å². The molecule has 2 unspecified atom stereocenters. The van der Waals surface area contributed by atoms with Crippen LogP contribution >= 0.6 is 0 Å². The summed E-state index contributed by atoms with van der Waals surface area (Å²) < 4.78 is 12.3. The first-order valence-electron chi connectivity index (χ1n) is 11.8. The molecule has 0 spiro atoms. The zero-order chi connectivity index (χ0) is 21.8. The molecule has 2 aliphatic rings. The Hall–Kier alpha value is -1.62. The van der Waals surface area contributed by atoms with Crippen LogP contribution in [0.2, 0.25) is 0 Å². The van der Waals surface area contributed by atoms with E-state index in [1.54, 1.807) is 0 Å². The first kappa shape index (κ1) is 23.1. The zero-order valence-electron chi connectivity index (χ0n) is 19.5. The molecule has 2 heterocycles. The minimum absolute atomic E-state index is 0.0400. The monoisotopic (exact) mass is 416 g/mol. The van der Waals surface area contributed by atoms with Gasteiger partial charge in [0.1, 0.15) is 11.3 Å². The van der Waals surface area contributed by atoms with Gasteiger partial charge in [-0.3, -0.25) is 9.88 Å². The number of aromatic nitrogens is 1. The van der Waals surface area contributed by atoms with E-state index < -0.39 is 11.3 Å². The van der Waals surface area contributed by atoms with E-state index in [1.807, 2.05) is 57.8 Å². The first-order chi connectivity index (χ1) is 14.2. The Morgan fingerprint density at radius 3 is 2.60 bits per heavy atom. The van der Waals surface area contributed by atoms with Gasteiger partial charge >= 0.3 is 6.09 Å². The molecule has 0 N–H and O–H groups in total. The Labute approximate surface area is 182 Å². The molecule has 1 saturated carbocycles. The second-order valence-corrected chi connectivity index (χ2v) is 10.5. The van der Waals surface area contributed by atoms with Gasteiger partial charge in [-0.05, 0) is 78.4 Å². The quantitative estimate of drug-likeness (QED) is 0.561. The summed E-state index contributed by atoms with van der Waals surface area (Å²) in [5.41, 5.74) is -0.0562. The molecule has 1 aliphatic heterocycles. The van der Waals surface area contributed by atoms with Gasteiger partial charge < -0.3 is 9.47 Å². The Kier molecular flexibility index (Phi) is 7.43. The summed E-state index contributed by atoms with van der Waals surface area (Å²) in [7, 11) is 0. The summed E-state index contributed by atoms with van der Waals surface area (Å²) >= 11 is 0. The molecule has 5 heteroatoms. The lowest BCUT2D eigenvalue weighted by molar-refractivity contribution is -0.0801. The van der Waals surface area contributed by atoms with Gasteiger partial charge in [-0.25, -0.2) is 4.79 Å². The molecule has 1 saturated heterocycles. The fourth-order valence-electron chi connectivity index (χ4n) is 5.04. The molecule has 0 aromatic carbocycles. The molecule has 0 bridgehead atoms. The molecule has 30 heavy (non-hydrogen) atoms. The van der Waals surface area contributed by atoms with Crippen LogP contribution in [0.15, 0.2) is 24.4 Å². The molecule has 5 nitrogen and oxygen atoms in total. The van der Waals surface area contributed by atoms with Crippen LogP contribution in [0.1, 0.15) is 91.7 Å². The van der Waals surface area contributed by atoms with Crippen molar-refractivity contribution >= 4 is 6.09 Å². The van der Waals surface area contributed by atoms with Crippen LogP contribution in [0.5, 0.6) is 0 Å². The van der Waals surface area contributed by atoms with Crippen molar-refractivity contribution in [1.29, 1.82) is 0 Å². The fraction of sp³-hybridized carbons (Fsp3) is 0.760. The second-order valence-electron chi connectivity index (χ2n) is 10.5. The van der Waals surface area contributed by atoms with Crippen molar-refractivity contribution in [3.05, 3.63) is 30.1 Å². The average Bonchev–Trinajstić information content (AvgIpc) is 2.91. The summed E-state index contributed by atoms with van der Waals surface area (Å²) in [6, 6.07) is 6.13. The molecular formula is C25H40N2O3. The Bertz CT molecular complexity index is 677. The van der Waals surface area contributed by atoms with Gasteiger partial charge in [0, 0.05) is 11.9 Å². The maximum absolute atomic E-state index is 13.2. The average molecular weight is 417 g/mol. The number of rotatable bonds is 6. The SMILES string of the molecule is CC(C)(C)OC(=O)N1C(CC2CCCCC2)C(CCCc2ccccn2)OC1(C)C. The van der Waals surface area contributed by atoms with E-state index >= 15 is 0 Å². The summed E-state index contributed by atoms with van der Waals surface area (Å²) in [6.45, 7) is 9.78. The van der Waals surface area contributed by atoms with E-state index in [0.29, 0.717) is 5.92 Å². The minimum Gasteiger partial charge on any atom is -0.444 e. The normalized spacial score (nSPS) is 24.8. The van der Waals surface area contributed by atoms with Gasteiger partial charge in [0.2, 0.25) is 0 Å². The van der Waals surface area contributed by atoms with E-state index in [-0.39, 0.29) is 18.2 Å². The molecule has 168 valence electrons. The molecule has 1 aliphatic carbocycles. The van der Waals surface area contributed by atoms with E-state index in [0.717, 1.165) is 31.4 Å². The lowest BCUT2D eigenvalue weighted by Crippen LogP contribution is -2.50. The number of hydrogen-bond acceptors (Lipinski definition) is 4. The summed E-state index contributed by atoms with van der Waals surface area (Å²) in [4.78, 5) is 19.5. The van der Waals surface area contributed by atoms with E-state index in [2.05, 4.69) is 11.1 Å². The first-order valence-corrected chi connectivity index (χ1v) is 11.8. The summed E-state index contributed by atoms with van der Waals surface area (Å²) in [6.07, 6.45) is 12.0. The topological polar surface area (TPSA) is 51.7 Å². The van der Waals surface area contributed by atoms with Crippen molar-refractivity contribution < 1.29 is 14.3 Å². The number of pyridine rings is 1. The summed E-state index contributed by atoms with van der Waals surface area (Å²) in [5, 5.41) is 0. The number of ether oxygens (including phenoxy) is 2. The van der Waals surface area contributed by atoms with Crippen LogP contribution in [0.3, 0.4) is 0 Å². The zero-order valence-corrected chi connectivity index (χ0v) is 19.5. The third kappa shape index (κ3) is 6.19. The smallest absolute Gasteiger partial charge is 0.412 e. The molecule has 3 rings (SSSR count). The van der Waals surface area contributed by atoms with Crippen molar-refractivity contribution in [3.8, 4) is 0 Å². The number of aryl methyl sites for hydroxylation is 1. The van der Waals surface area contributed by atoms with E-state index in [4.69, 9.17) is 9.47 Å². The second kappa shape index (κ2) is 9.67. The Morgan fingerprint density at radius 1 is 1.23 bits per heavy atom. The summed E-state index contributed by atoms with van der Waals surface area (Å²) in [5.74, 6) is 0.671. The number of carbonyl (C=O) groups is 1. The van der Waals surface area contributed by atoms with Gasteiger partial charge in [-0.1, -0.05) is 38.2 Å². The number of nitrogens with zero attached hydrogens (tertiary/aromatic N) is 2. The Balaban J connectivity index is 1.72. The van der Waals surface area contributed by atoms with Gasteiger partial charge in [0.15, 0.2) is 0 Å². The largest absolute Gasteiger partial charge is 0.444 e.